The van der Waals surface area contributed by atoms with Gasteiger partial charge in [0.2, 0.25) is 0 Å². The maximum absolute atomic E-state index is 15.0. The summed E-state index contributed by atoms with van der Waals surface area (Å²) in [4.78, 5) is 24.9. The molecule has 6 rings (SSSR count). The predicted octanol–water partition coefficient (Wildman–Crippen LogP) is 2.28. The van der Waals surface area contributed by atoms with Crippen molar-refractivity contribution in [2.75, 3.05) is 61.1 Å². The van der Waals surface area contributed by atoms with Gasteiger partial charge in [0.25, 0.3) is 0 Å². The van der Waals surface area contributed by atoms with E-state index in [1.54, 1.807) is 19.5 Å². The Morgan fingerprint density at radius 3 is 2.47 bits per heavy atom. The van der Waals surface area contributed by atoms with E-state index < -0.39 is 5.67 Å². The quantitative estimate of drug-likeness (QED) is 0.609. The Labute approximate surface area is 197 Å². The predicted molar refractivity (Wildman–Crippen MR) is 127 cm³/mol. The van der Waals surface area contributed by atoms with E-state index in [2.05, 4.69) is 29.7 Å². The van der Waals surface area contributed by atoms with Crippen LogP contribution in [0.4, 0.5) is 21.8 Å². The van der Waals surface area contributed by atoms with Gasteiger partial charge in [0, 0.05) is 50.9 Å². The molecular formula is C24H28FN7O2. The lowest BCUT2D eigenvalue weighted by Gasteiger charge is -2.37. The smallest absolute Gasteiger partial charge is 0.171 e. The van der Waals surface area contributed by atoms with Crippen LogP contribution in [0.2, 0.25) is 0 Å². The number of aliphatic hydroxyl groups excluding tert-OH is 1. The number of β-amino-alcohol motifs (C(OH)–C–C–N with tert-alkyl or cyclic N) is 1. The highest BCUT2D eigenvalue weighted by atomic mass is 19.1. The molecule has 3 aliphatic rings. The van der Waals surface area contributed by atoms with Crippen LogP contribution in [0.1, 0.15) is 25.1 Å². The van der Waals surface area contributed by atoms with E-state index in [1.165, 1.54) is 0 Å². The van der Waals surface area contributed by atoms with Gasteiger partial charge >= 0.3 is 0 Å². The van der Waals surface area contributed by atoms with E-state index in [0.29, 0.717) is 38.0 Å². The molecule has 3 aromatic rings. The Morgan fingerprint density at radius 1 is 1.03 bits per heavy atom. The van der Waals surface area contributed by atoms with Crippen LogP contribution in [0, 0.1) is 0 Å². The molecule has 3 aromatic heterocycles. The van der Waals surface area contributed by atoms with Gasteiger partial charge < -0.3 is 24.5 Å². The Morgan fingerprint density at radius 2 is 1.79 bits per heavy atom. The van der Waals surface area contributed by atoms with Gasteiger partial charge in [-0.25, -0.2) is 24.3 Å². The Hall–Kier alpha value is -3.27. The third kappa shape index (κ3) is 3.75. The summed E-state index contributed by atoms with van der Waals surface area (Å²) >= 11 is 0. The number of ether oxygens (including phenoxy) is 1. The molecule has 0 spiro atoms. The van der Waals surface area contributed by atoms with Gasteiger partial charge in [0.15, 0.2) is 23.1 Å². The number of hydrogen-bond acceptors (Lipinski definition) is 9. The standard InChI is InChI=1S/C24H28FN7O2/c1-34-19-3-2-7-26-22(19)31-11-9-30(10-12-31)21-17-13-20(32-8-4-16(33)15-32)27-14-18(17)28-23(29-21)24(25)5-6-24/h2-3,7,13-14,16,33H,4-6,8-12,15H2,1H3/t16-/m1/s1. The van der Waals surface area contributed by atoms with E-state index >= 15 is 4.39 Å². The molecule has 0 unspecified atom stereocenters. The van der Waals surface area contributed by atoms with E-state index in [-0.39, 0.29) is 11.9 Å². The maximum Gasteiger partial charge on any atom is 0.171 e. The second-order valence-electron chi connectivity index (χ2n) is 9.29. The number of halogens is 1. The van der Waals surface area contributed by atoms with Crippen molar-refractivity contribution in [2.24, 2.45) is 0 Å². The summed E-state index contributed by atoms with van der Waals surface area (Å²) in [6.07, 6.45) is 4.80. The zero-order chi connectivity index (χ0) is 23.3. The topological polar surface area (TPSA) is 90.7 Å². The number of fused-ring (bicyclic) bond motifs is 1. The first-order valence-electron chi connectivity index (χ1n) is 11.8. The Kier molecular flexibility index (Phi) is 5.13. The van der Waals surface area contributed by atoms with E-state index in [4.69, 9.17) is 9.72 Å². The molecule has 3 fully saturated rings. The number of rotatable bonds is 5. The highest BCUT2D eigenvalue weighted by Crippen LogP contribution is 2.49. The summed E-state index contributed by atoms with van der Waals surface area (Å²) in [6.45, 7) is 4.23. The minimum absolute atomic E-state index is 0.259. The van der Waals surface area contributed by atoms with Crippen LogP contribution in [0.5, 0.6) is 5.75 Å². The zero-order valence-electron chi connectivity index (χ0n) is 19.2. The number of alkyl halides is 1. The first-order valence-corrected chi connectivity index (χ1v) is 11.8. The zero-order valence-corrected chi connectivity index (χ0v) is 19.2. The van der Waals surface area contributed by atoms with Crippen molar-refractivity contribution in [2.45, 2.75) is 31.0 Å². The number of aliphatic hydroxyl groups is 1. The van der Waals surface area contributed by atoms with Gasteiger partial charge in [-0.1, -0.05) is 0 Å². The second-order valence-corrected chi connectivity index (χ2v) is 9.29. The molecule has 2 saturated heterocycles. The van der Waals surface area contributed by atoms with Crippen LogP contribution in [0.3, 0.4) is 0 Å². The lowest BCUT2D eigenvalue weighted by atomic mass is 10.2. The number of nitrogens with zero attached hydrogens (tertiary/aromatic N) is 7. The van der Waals surface area contributed by atoms with E-state index in [0.717, 1.165) is 54.6 Å². The van der Waals surface area contributed by atoms with Gasteiger partial charge in [-0.3, -0.25) is 0 Å². The Bertz CT molecular complexity index is 1210. The normalized spacial score (nSPS) is 21.9. The molecule has 0 aromatic carbocycles. The monoisotopic (exact) mass is 465 g/mol. The largest absolute Gasteiger partial charge is 0.493 e. The fourth-order valence-corrected chi connectivity index (χ4v) is 4.81. The molecule has 178 valence electrons. The highest BCUT2D eigenvalue weighted by molar-refractivity contribution is 5.91. The van der Waals surface area contributed by atoms with Crippen molar-refractivity contribution >= 4 is 28.4 Å². The number of aromatic nitrogens is 4. The minimum atomic E-state index is -1.43. The van der Waals surface area contributed by atoms with Crippen LogP contribution < -0.4 is 19.4 Å². The molecular weight excluding hydrogens is 437 g/mol. The average Bonchev–Trinajstić information content (AvgIpc) is 3.49. The fraction of sp³-hybridized carbons (Fsp3) is 0.500. The van der Waals surface area contributed by atoms with Crippen molar-refractivity contribution in [3.63, 3.8) is 0 Å². The second kappa shape index (κ2) is 8.19. The number of anilines is 3. The van der Waals surface area contributed by atoms with Crippen LogP contribution >= 0.6 is 0 Å². The Balaban J connectivity index is 1.33. The number of piperazine rings is 1. The molecule has 1 atom stereocenters. The first-order chi connectivity index (χ1) is 16.5. The van der Waals surface area contributed by atoms with Gasteiger partial charge in [0.1, 0.15) is 11.6 Å². The van der Waals surface area contributed by atoms with Gasteiger partial charge in [-0.2, -0.15) is 0 Å². The third-order valence-corrected chi connectivity index (χ3v) is 6.97. The van der Waals surface area contributed by atoms with E-state index in [9.17, 15) is 5.11 Å². The molecule has 0 radical (unpaired) electrons. The summed E-state index contributed by atoms with van der Waals surface area (Å²) in [6, 6.07) is 5.76. The molecule has 1 saturated carbocycles. The lowest BCUT2D eigenvalue weighted by Crippen LogP contribution is -2.47. The first kappa shape index (κ1) is 21.3. The summed E-state index contributed by atoms with van der Waals surface area (Å²) in [7, 11) is 1.65. The molecule has 5 heterocycles. The molecule has 10 heteroatoms. The number of pyridine rings is 2. The molecule has 0 amide bonds. The van der Waals surface area contributed by atoms with Gasteiger partial charge in [-0.15, -0.1) is 0 Å². The van der Waals surface area contributed by atoms with Crippen molar-refractivity contribution in [3.8, 4) is 5.75 Å². The van der Waals surface area contributed by atoms with Crippen molar-refractivity contribution in [1.82, 2.24) is 19.9 Å². The molecule has 34 heavy (non-hydrogen) atoms. The van der Waals surface area contributed by atoms with Crippen LogP contribution in [-0.4, -0.2) is 77.5 Å². The van der Waals surface area contributed by atoms with Crippen molar-refractivity contribution in [3.05, 3.63) is 36.4 Å². The lowest BCUT2D eigenvalue weighted by molar-refractivity contribution is 0.198. The fourth-order valence-electron chi connectivity index (χ4n) is 4.81. The average molecular weight is 466 g/mol. The molecule has 1 N–H and O–H groups in total. The number of hydrogen-bond donors (Lipinski definition) is 1. The summed E-state index contributed by atoms with van der Waals surface area (Å²) in [5.74, 6) is 3.38. The van der Waals surface area contributed by atoms with Gasteiger partial charge in [-0.05, 0) is 37.5 Å². The van der Waals surface area contributed by atoms with Crippen LogP contribution in [0.15, 0.2) is 30.6 Å². The van der Waals surface area contributed by atoms with Gasteiger partial charge in [0.05, 0.1) is 24.9 Å². The SMILES string of the molecule is COc1cccnc1N1CCN(c2nc(C3(F)CC3)nc3cnc(N4CC[C@@H](O)C4)cc23)CC1. The third-order valence-electron chi connectivity index (χ3n) is 6.97. The van der Waals surface area contributed by atoms with E-state index in [1.807, 2.05) is 18.2 Å². The maximum atomic E-state index is 15.0. The van der Waals surface area contributed by atoms with Crippen molar-refractivity contribution < 1.29 is 14.2 Å². The number of methoxy groups -OCH3 is 1. The summed E-state index contributed by atoms with van der Waals surface area (Å²) in [5, 5.41) is 10.8. The van der Waals surface area contributed by atoms with Crippen LogP contribution in [-0.2, 0) is 5.67 Å². The molecule has 0 bridgehead atoms. The summed E-state index contributed by atoms with van der Waals surface area (Å²) in [5.41, 5.74) is -0.773. The highest BCUT2D eigenvalue weighted by Gasteiger charge is 2.48. The molecule has 9 nitrogen and oxygen atoms in total. The van der Waals surface area contributed by atoms with Crippen LogP contribution in [0.25, 0.3) is 10.9 Å². The molecule has 1 aliphatic carbocycles. The molecule has 2 aliphatic heterocycles. The minimum Gasteiger partial charge on any atom is -0.493 e. The summed E-state index contributed by atoms with van der Waals surface area (Å²) < 4.78 is 20.5. The van der Waals surface area contributed by atoms with Crippen molar-refractivity contribution in [1.29, 1.82) is 0 Å².